The van der Waals surface area contributed by atoms with Gasteiger partial charge in [0.1, 0.15) is 0 Å². The molecule has 0 unspecified atom stereocenters. The third-order valence-corrected chi connectivity index (χ3v) is 5.88. The lowest BCUT2D eigenvalue weighted by atomic mass is 9.91. The van der Waals surface area contributed by atoms with Gasteiger partial charge < -0.3 is 11.1 Å². The molecule has 3 nitrogen and oxygen atoms in total. The Hall–Kier alpha value is -1.49. The standard InChI is InChI=1S/C20H23ClN2OS/c21-16-5-11-19(12-6-16)25-13-14-1-3-15(4-2-14)20(24)23-18-9-7-17(22)8-10-18/h1-6,11-12,17-18H,7-10,13,22H2,(H,23,24). The first kappa shape index (κ1) is 18.3. The lowest BCUT2D eigenvalue weighted by Gasteiger charge is -2.26. The van der Waals surface area contributed by atoms with Gasteiger partial charge in [-0.3, -0.25) is 4.79 Å². The zero-order valence-electron chi connectivity index (χ0n) is 14.1. The van der Waals surface area contributed by atoms with Crippen LogP contribution in [0.2, 0.25) is 5.02 Å². The molecule has 0 heterocycles. The molecule has 25 heavy (non-hydrogen) atoms. The molecule has 0 radical (unpaired) electrons. The summed E-state index contributed by atoms with van der Waals surface area (Å²) in [5.74, 6) is 0.877. The smallest absolute Gasteiger partial charge is 0.251 e. The van der Waals surface area contributed by atoms with Crippen molar-refractivity contribution in [1.82, 2.24) is 5.32 Å². The van der Waals surface area contributed by atoms with Gasteiger partial charge in [-0.2, -0.15) is 0 Å². The first-order valence-corrected chi connectivity index (χ1v) is 10.0. The molecule has 132 valence electrons. The van der Waals surface area contributed by atoms with E-state index in [2.05, 4.69) is 5.32 Å². The molecule has 0 saturated heterocycles. The molecular weight excluding hydrogens is 352 g/mol. The summed E-state index contributed by atoms with van der Waals surface area (Å²) in [5.41, 5.74) is 7.82. The minimum absolute atomic E-state index is 0.0115. The molecule has 2 aromatic rings. The van der Waals surface area contributed by atoms with E-state index >= 15 is 0 Å². The van der Waals surface area contributed by atoms with E-state index in [0.29, 0.717) is 6.04 Å². The van der Waals surface area contributed by atoms with Crippen molar-refractivity contribution in [3.8, 4) is 0 Å². The number of hydrogen-bond donors (Lipinski definition) is 2. The molecule has 0 aromatic heterocycles. The monoisotopic (exact) mass is 374 g/mol. The summed E-state index contributed by atoms with van der Waals surface area (Å²) < 4.78 is 0. The van der Waals surface area contributed by atoms with Gasteiger partial charge in [0, 0.05) is 33.3 Å². The van der Waals surface area contributed by atoms with Crippen LogP contribution in [0.5, 0.6) is 0 Å². The number of carbonyl (C=O) groups excluding carboxylic acids is 1. The fourth-order valence-corrected chi connectivity index (χ4v) is 3.96. The van der Waals surface area contributed by atoms with E-state index in [-0.39, 0.29) is 11.9 Å². The molecule has 0 atom stereocenters. The zero-order chi connectivity index (χ0) is 17.6. The van der Waals surface area contributed by atoms with Crippen LogP contribution in [0, 0.1) is 0 Å². The van der Waals surface area contributed by atoms with Crippen LogP contribution < -0.4 is 11.1 Å². The Labute approximate surface area is 158 Å². The van der Waals surface area contributed by atoms with Gasteiger partial charge in [-0.25, -0.2) is 0 Å². The van der Waals surface area contributed by atoms with E-state index in [1.54, 1.807) is 11.8 Å². The largest absolute Gasteiger partial charge is 0.349 e. The average Bonchev–Trinajstić information content (AvgIpc) is 2.63. The van der Waals surface area contributed by atoms with Crippen LogP contribution in [0.15, 0.2) is 53.4 Å². The van der Waals surface area contributed by atoms with E-state index in [0.717, 1.165) is 42.0 Å². The highest BCUT2D eigenvalue weighted by Gasteiger charge is 2.20. The number of benzene rings is 2. The van der Waals surface area contributed by atoms with Crippen molar-refractivity contribution in [1.29, 1.82) is 0 Å². The van der Waals surface area contributed by atoms with Gasteiger partial charge in [0.2, 0.25) is 0 Å². The number of carbonyl (C=O) groups is 1. The Kier molecular flexibility index (Phi) is 6.40. The molecule has 3 N–H and O–H groups in total. The highest BCUT2D eigenvalue weighted by molar-refractivity contribution is 7.98. The van der Waals surface area contributed by atoms with Crippen molar-refractivity contribution >= 4 is 29.3 Å². The second-order valence-corrected chi connectivity index (χ2v) is 8.01. The Morgan fingerprint density at radius 1 is 1.04 bits per heavy atom. The Morgan fingerprint density at radius 3 is 2.32 bits per heavy atom. The van der Waals surface area contributed by atoms with E-state index < -0.39 is 0 Å². The maximum Gasteiger partial charge on any atom is 0.251 e. The highest BCUT2D eigenvalue weighted by atomic mass is 35.5. The number of amides is 1. The summed E-state index contributed by atoms with van der Waals surface area (Å²) in [6.07, 6.45) is 3.93. The summed E-state index contributed by atoms with van der Waals surface area (Å²) in [6.45, 7) is 0. The van der Waals surface area contributed by atoms with Crippen molar-refractivity contribution < 1.29 is 4.79 Å². The van der Waals surface area contributed by atoms with E-state index in [9.17, 15) is 4.79 Å². The second kappa shape index (κ2) is 8.75. The minimum Gasteiger partial charge on any atom is -0.349 e. The quantitative estimate of drug-likeness (QED) is 0.750. The number of rotatable bonds is 5. The van der Waals surface area contributed by atoms with Crippen LogP contribution in [0.3, 0.4) is 0 Å². The topological polar surface area (TPSA) is 55.1 Å². The molecule has 0 spiro atoms. The van der Waals surface area contributed by atoms with Crippen molar-refractivity contribution in [2.75, 3.05) is 0 Å². The fraction of sp³-hybridized carbons (Fsp3) is 0.350. The van der Waals surface area contributed by atoms with E-state index in [1.165, 1.54) is 10.5 Å². The second-order valence-electron chi connectivity index (χ2n) is 6.52. The van der Waals surface area contributed by atoms with Gasteiger partial charge in [-0.1, -0.05) is 23.7 Å². The first-order chi connectivity index (χ1) is 12.1. The summed E-state index contributed by atoms with van der Waals surface area (Å²) in [5, 5.41) is 3.88. The van der Waals surface area contributed by atoms with Crippen LogP contribution in [0.4, 0.5) is 0 Å². The lowest BCUT2D eigenvalue weighted by Crippen LogP contribution is -2.40. The number of nitrogens with two attached hydrogens (primary N) is 1. The number of halogens is 1. The van der Waals surface area contributed by atoms with Gasteiger partial charge in [-0.15, -0.1) is 11.8 Å². The molecule has 3 rings (SSSR count). The van der Waals surface area contributed by atoms with Gasteiger partial charge in [0.05, 0.1) is 0 Å². The maximum absolute atomic E-state index is 12.4. The number of hydrogen-bond acceptors (Lipinski definition) is 3. The molecule has 2 aromatic carbocycles. The van der Waals surface area contributed by atoms with Crippen molar-refractivity contribution in [2.24, 2.45) is 5.73 Å². The van der Waals surface area contributed by atoms with Crippen LogP contribution in [-0.2, 0) is 5.75 Å². The molecule has 5 heteroatoms. The van der Waals surface area contributed by atoms with Crippen molar-refractivity contribution in [3.05, 3.63) is 64.7 Å². The summed E-state index contributed by atoms with van der Waals surface area (Å²) in [6, 6.07) is 16.2. The van der Waals surface area contributed by atoms with Gasteiger partial charge in [-0.05, 0) is 67.6 Å². The van der Waals surface area contributed by atoms with E-state index in [1.807, 2.05) is 48.5 Å². The Balaban J connectivity index is 1.51. The Bertz CT molecular complexity index is 695. The van der Waals surface area contributed by atoms with E-state index in [4.69, 9.17) is 17.3 Å². The molecular formula is C20H23ClN2OS. The minimum atomic E-state index is 0.0115. The van der Waals surface area contributed by atoms with Gasteiger partial charge >= 0.3 is 0 Å². The van der Waals surface area contributed by atoms with Crippen molar-refractivity contribution in [2.45, 2.75) is 48.4 Å². The summed E-state index contributed by atoms with van der Waals surface area (Å²) >= 11 is 7.65. The van der Waals surface area contributed by atoms with Crippen LogP contribution in [-0.4, -0.2) is 18.0 Å². The number of nitrogens with one attached hydrogen (secondary N) is 1. The molecule has 1 aliphatic rings. The summed E-state index contributed by atoms with van der Waals surface area (Å²) in [4.78, 5) is 13.5. The fourth-order valence-electron chi connectivity index (χ4n) is 2.98. The van der Waals surface area contributed by atoms with Gasteiger partial charge in [0.15, 0.2) is 0 Å². The molecule has 1 amide bonds. The maximum atomic E-state index is 12.4. The molecule has 1 saturated carbocycles. The van der Waals surface area contributed by atoms with Crippen LogP contribution >= 0.6 is 23.4 Å². The normalized spacial score (nSPS) is 20.2. The predicted molar refractivity (Wildman–Crippen MR) is 105 cm³/mol. The predicted octanol–water partition coefficient (Wildman–Crippen LogP) is 4.63. The van der Waals surface area contributed by atoms with Crippen molar-refractivity contribution in [3.63, 3.8) is 0 Å². The molecule has 0 bridgehead atoms. The number of thioether (sulfide) groups is 1. The van der Waals surface area contributed by atoms with Crippen LogP contribution in [0.1, 0.15) is 41.6 Å². The SMILES string of the molecule is NC1CCC(NC(=O)c2ccc(CSc3ccc(Cl)cc3)cc2)CC1. The Morgan fingerprint density at radius 2 is 1.68 bits per heavy atom. The third-order valence-electron chi connectivity index (χ3n) is 4.54. The first-order valence-electron chi connectivity index (χ1n) is 8.64. The molecule has 0 aliphatic heterocycles. The van der Waals surface area contributed by atoms with Gasteiger partial charge in [0.25, 0.3) is 5.91 Å². The molecule has 1 aliphatic carbocycles. The molecule has 1 fully saturated rings. The zero-order valence-corrected chi connectivity index (χ0v) is 15.7. The average molecular weight is 375 g/mol. The highest BCUT2D eigenvalue weighted by Crippen LogP contribution is 2.24. The lowest BCUT2D eigenvalue weighted by molar-refractivity contribution is 0.0926. The van der Waals surface area contributed by atoms with Crippen LogP contribution in [0.25, 0.3) is 0 Å². The third kappa shape index (κ3) is 5.50. The summed E-state index contributed by atoms with van der Waals surface area (Å²) in [7, 11) is 0.